The number of hydrogen-bond donors (Lipinski definition) is 4. The highest BCUT2D eigenvalue weighted by molar-refractivity contribution is 8.00. The molecule has 8 heteroatoms. The number of carboxylic acids is 1. The second kappa shape index (κ2) is 9.12. The van der Waals surface area contributed by atoms with E-state index in [1.54, 1.807) is 0 Å². The van der Waals surface area contributed by atoms with Gasteiger partial charge in [-0.3, -0.25) is 9.59 Å². The summed E-state index contributed by atoms with van der Waals surface area (Å²) >= 11 is 1.89. The van der Waals surface area contributed by atoms with Gasteiger partial charge in [0.1, 0.15) is 0 Å². The Bertz CT molecular complexity index is 712. The molecule has 0 aromatic heterocycles. The zero-order chi connectivity index (χ0) is 19.2. The Balaban J connectivity index is 1.36. The molecule has 1 aromatic rings. The predicted molar refractivity (Wildman–Crippen MR) is 105 cm³/mol. The zero-order valence-electron chi connectivity index (χ0n) is 15.1. The van der Waals surface area contributed by atoms with Crippen LogP contribution in [-0.2, 0) is 16.0 Å². The summed E-state index contributed by atoms with van der Waals surface area (Å²) in [5, 5.41) is 18.0. The number of nitrogens with one attached hydrogen (secondary N) is 3. The fourth-order valence-corrected chi connectivity index (χ4v) is 5.10. The Morgan fingerprint density at radius 1 is 1.22 bits per heavy atom. The number of aliphatic carboxylic acids is 1. The lowest BCUT2D eigenvalue weighted by Crippen LogP contribution is -2.36. The number of carbonyl (C=O) groups is 3. The van der Waals surface area contributed by atoms with Crippen LogP contribution in [-0.4, -0.2) is 46.1 Å². The molecular weight excluding hydrogens is 366 g/mol. The van der Waals surface area contributed by atoms with Crippen LogP contribution in [0.15, 0.2) is 24.3 Å². The third kappa shape index (κ3) is 5.63. The van der Waals surface area contributed by atoms with Crippen LogP contribution < -0.4 is 16.0 Å². The van der Waals surface area contributed by atoms with Gasteiger partial charge in [-0.1, -0.05) is 18.6 Å². The molecule has 1 aromatic carbocycles. The number of benzene rings is 1. The summed E-state index contributed by atoms with van der Waals surface area (Å²) in [5.41, 5.74) is 1.60. The van der Waals surface area contributed by atoms with E-state index in [1.807, 2.05) is 36.0 Å². The van der Waals surface area contributed by atoms with E-state index in [0.29, 0.717) is 23.8 Å². The number of aryl methyl sites for hydroxylation is 1. The van der Waals surface area contributed by atoms with Crippen LogP contribution in [0.1, 0.15) is 37.7 Å². The maximum atomic E-state index is 12.1. The topological polar surface area (TPSA) is 108 Å². The molecule has 2 heterocycles. The van der Waals surface area contributed by atoms with Crippen molar-refractivity contribution < 1.29 is 19.5 Å². The summed E-state index contributed by atoms with van der Waals surface area (Å²) in [6.07, 6.45) is 3.73. The molecule has 3 amide bonds. The third-order valence-corrected chi connectivity index (χ3v) is 6.43. The van der Waals surface area contributed by atoms with E-state index < -0.39 is 5.97 Å². The van der Waals surface area contributed by atoms with Crippen molar-refractivity contribution in [2.24, 2.45) is 0 Å². The number of hydrogen-bond acceptors (Lipinski definition) is 4. The molecule has 3 atom stereocenters. The molecule has 0 saturated carbocycles. The Hall–Kier alpha value is -2.22. The molecule has 2 aliphatic heterocycles. The maximum Gasteiger partial charge on any atom is 0.315 e. The Morgan fingerprint density at radius 3 is 2.89 bits per heavy atom. The largest absolute Gasteiger partial charge is 0.481 e. The lowest BCUT2D eigenvalue weighted by Gasteiger charge is -2.16. The predicted octanol–water partition coefficient (Wildman–Crippen LogP) is 2.37. The average Bonchev–Trinajstić information content (AvgIpc) is 3.17. The van der Waals surface area contributed by atoms with E-state index in [0.717, 1.165) is 30.6 Å². The molecule has 4 N–H and O–H groups in total. The first-order valence-electron chi connectivity index (χ1n) is 9.30. The first kappa shape index (κ1) is 19.5. The van der Waals surface area contributed by atoms with Crippen LogP contribution in [0.4, 0.5) is 10.5 Å². The second-order valence-corrected chi connectivity index (χ2v) is 8.28. The molecule has 2 fully saturated rings. The van der Waals surface area contributed by atoms with Crippen molar-refractivity contribution in [3.63, 3.8) is 0 Å². The molecule has 2 aliphatic rings. The number of anilines is 1. The highest BCUT2D eigenvalue weighted by Gasteiger charge is 2.42. The van der Waals surface area contributed by atoms with Gasteiger partial charge in [0.2, 0.25) is 5.91 Å². The summed E-state index contributed by atoms with van der Waals surface area (Å²) in [5.74, 6) is 0.0922. The van der Waals surface area contributed by atoms with Crippen molar-refractivity contribution in [3.05, 3.63) is 29.8 Å². The third-order valence-electron chi connectivity index (χ3n) is 4.92. The average molecular weight is 391 g/mol. The van der Waals surface area contributed by atoms with Gasteiger partial charge in [0, 0.05) is 29.5 Å². The van der Waals surface area contributed by atoms with E-state index >= 15 is 0 Å². The highest BCUT2D eigenvalue weighted by Crippen LogP contribution is 2.33. The van der Waals surface area contributed by atoms with Crippen LogP contribution in [0.25, 0.3) is 0 Å². The first-order valence-corrected chi connectivity index (χ1v) is 10.4. The first-order chi connectivity index (χ1) is 13.0. The van der Waals surface area contributed by atoms with E-state index in [-0.39, 0.29) is 30.4 Å². The van der Waals surface area contributed by atoms with Gasteiger partial charge in [0.25, 0.3) is 0 Å². The molecule has 0 radical (unpaired) electrons. The molecule has 0 aliphatic carbocycles. The smallest absolute Gasteiger partial charge is 0.315 e. The minimum Gasteiger partial charge on any atom is -0.481 e. The van der Waals surface area contributed by atoms with Gasteiger partial charge in [-0.15, -0.1) is 0 Å². The molecule has 7 nitrogen and oxygen atoms in total. The number of fused-ring (bicyclic) bond motifs is 1. The molecule has 3 rings (SSSR count). The number of carbonyl (C=O) groups excluding carboxylic acids is 2. The van der Waals surface area contributed by atoms with Crippen molar-refractivity contribution in [1.82, 2.24) is 10.6 Å². The Morgan fingerprint density at radius 2 is 2.07 bits per heavy atom. The minimum atomic E-state index is -0.830. The Labute approximate surface area is 162 Å². The summed E-state index contributed by atoms with van der Waals surface area (Å²) in [6, 6.07) is 7.71. The van der Waals surface area contributed by atoms with Crippen molar-refractivity contribution in [3.8, 4) is 0 Å². The number of thioether (sulfide) groups is 1. The quantitative estimate of drug-likeness (QED) is 0.382. The molecule has 146 valence electrons. The summed E-state index contributed by atoms with van der Waals surface area (Å²) in [6.45, 7) is 0. The standard InChI is InChI=1S/C19H25N3O4S/c23-16(20-13-5-3-4-12(10-13)8-9-17(24)25)7-2-1-6-15-18-14(11-27-15)21-19(26)22-18/h3-5,10,14-15,18H,1-2,6-9,11H2,(H,20,23)(H,24,25)(H2,21,22,26). The van der Waals surface area contributed by atoms with Crippen LogP contribution in [0, 0.1) is 0 Å². The van der Waals surface area contributed by atoms with Gasteiger partial charge in [-0.25, -0.2) is 4.79 Å². The van der Waals surface area contributed by atoms with E-state index in [4.69, 9.17) is 5.11 Å². The second-order valence-electron chi connectivity index (χ2n) is 7.01. The van der Waals surface area contributed by atoms with Crippen molar-refractivity contribution in [2.75, 3.05) is 11.1 Å². The van der Waals surface area contributed by atoms with Gasteiger partial charge in [-0.05, 0) is 37.0 Å². The van der Waals surface area contributed by atoms with Crippen molar-refractivity contribution in [1.29, 1.82) is 0 Å². The highest BCUT2D eigenvalue weighted by atomic mass is 32.2. The summed E-state index contributed by atoms with van der Waals surface area (Å²) in [4.78, 5) is 34.2. The fraction of sp³-hybridized carbons (Fsp3) is 0.526. The molecule has 0 bridgehead atoms. The van der Waals surface area contributed by atoms with Crippen LogP contribution in [0.3, 0.4) is 0 Å². The van der Waals surface area contributed by atoms with Crippen LogP contribution >= 0.6 is 11.8 Å². The lowest BCUT2D eigenvalue weighted by molar-refractivity contribution is -0.137. The van der Waals surface area contributed by atoms with Crippen LogP contribution in [0.5, 0.6) is 0 Å². The maximum absolute atomic E-state index is 12.1. The molecule has 2 saturated heterocycles. The van der Waals surface area contributed by atoms with Crippen molar-refractivity contribution >= 4 is 35.4 Å². The van der Waals surface area contributed by atoms with Gasteiger partial charge >= 0.3 is 12.0 Å². The molecular formula is C19H25N3O4S. The number of carboxylic acid groups (broad SMARTS) is 1. The minimum absolute atomic E-state index is 0.0295. The van der Waals surface area contributed by atoms with Gasteiger partial charge in [-0.2, -0.15) is 11.8 Å². The normalized spacial score (nSPS) is 23.4. The molecule has 27 heavy (non-hydrogen) atoms. The zero-order valence-corrected chi connectivity index (χ0v) is 15.9. The van der Waals surface area contributed by atoms with Gasteiger partial charge < -0.3 is 21.1 Å². The molecule has 0 spiro atoms. The lowest BCUT2D eigenvalue weighted by atomic mass is 10.0. The summed E-state index contributed by atoms with van der Waals surface area (Å²) in [7, 11) is 0. The molecule has 3 unspecified atom stereocenters. The number of rotatable bonds is 9. The fourth-order valence-electron chi connectivity index (χ4n) is 3.55. The van der Waals surface area contributed by atoms with Gasteiger partial charge in [0.15, 0.2) is 0 Å². The number of unbranched alkanes of at least 4 members (excludes halogenated alkanes) is 1. The van der Waals surface area contributed by atoms with E-state index in [2.05, 4.69) is 16.0 Å². The van der Waals surface area contributed by atoms with Crippen molar-refractivity contribution in [2.45, 2.75) is 55.9 Å². The number of amides is 3. The van der Waals surface area contributed by atoms with E-state index in [1.165, 1.54) is 0 Å². The Kier molecular flexibility index (Phi) is 6.60. The summed E-state index contributed by atoms with van der Waals surface area (Å²) < 4.78 is 0. The van der Waals surface area contributed by atoms with E-state index in [9.17, 15) is 14.4 Å². The van der Waals surface area contributed by atoms with Crippen LogP contribution in [0.2, 0.25) is 0 Å². The monoisotopic (exact) mass is 391 g/mol. The van der Waals surface area contributed by atoms with Gasteiger partial charge in [0.05, 0.1) is 12.1 Å². The SMILES string of the molecule is O=C(O)CCc1cccc(NC(=O)CCCCC2SCC3NC(=O)NC32)c1. The number of urea groups is 1.